The molecule has 1 N–H and O–H groups in total. The molecule has 0 bridgehead atoms. The summed E-state index contributed by atoms with van der Waals surface area (Å²) in [6, 6.07) is 3.31. The van der Waals surface area contributed by atoms with E-state index in [2.05, 4.69) is 27.9 Å². The zero-order valence-corrected chi connectivity index (χ0v) is 16.0. The third-order valence-corrected chi connectivity index (χ3v) is 4.45. The quantitative estimate of drug-likeness (QED) is 0.695. The number of ether oxygens (including phenoxy) is 1. The molecule has 0 aromatic heterocycles. The molecule has 0 spiro atoms. The summed E-state index contributed by atoms with van der Waals surface area (Å²) in [6.07, 6.45) is 0. The monoisotopic (exact) mass is 438 g/mol. The lowest BCUT2D eigenvalue weighted by molar-refractivity contribution is -0.122. The first-order valence-corrected chi connectivity index (χ1v) is 8.37. The number of nitrogens with zero attached hydrogens (tertiary/aromatic N) is 1. The average molecular weight is 439 g/mol. The van der Waals surface area contributed by atoms with Gasteiger partial charge in [-0.1, -0.05) is 11.6 Å². The molecule has 0 radical (unpaired) electrons. The van der Waals surface area contributed by atoms with Gasteiger partial charge in [0.2, 0.25) is 5.91 Å². The molecule has 0 saturated heterocycles. The van der Waals surface area contributed by atoms with Crippen LogP contribution in [-0.2, 0) is 4.79 Å². The molecule has 0 heterocycles. The number of amides is 2. The maximum atomic E-state index is 12.6. The van der Waals surface area contributed by atoms with E-state index in [-0.39, 0.29) is 24.4 Å². The Morgan fingerprint density at radius 3 is 2.55 bits per heavy atom. The van der Waals surface area contributed by atoms with Crippen LogP contribution in [-0.4, -0.2) is 43.0 Å². The number of hydrogen-bond donors (Lipinski definition) is 1. The molecular formula is C15H20ClIN2O3. The van der Waals surface area contributed by atoms with Gasteiger partial charge in [0.25, 0.3) is 5.91 Å². The normalized spacial score (nSPS) is 10.5. The number of nitrogens with one attached hydrogen (secondary N) is 1. The molecule has 0 aliphatic rings. The molecule has 0 fully saturated rings. The summed E-state index contributed by atoms with van der Waals surface area (Å²) in [4.78, 5) is 26.0. The van der Waals surface area contributed by atoms with Crippen molar-refractivity contribution in [1.82, 2.24) is 10.2 Å². The van der Waals surface area contributed by atoms with Crippen molar-refractivity contribution in [3.63, 3.8) is 0 Å². The molecular weight excluding hydrogens is 419 g/mol. The van der Waals surface area contributed by atoms with E-state index >= 15 is 0 Å². The van der Waals surface area contributed by atoms with Crippen molar-refractivity contribution in [3.8, 4) is 5.75 Å². The van der Waals surface area contributed by atoms with Crippen LogP contribution in [0.1, 0.15) is 31.1 Å². The van der Waals surface area contributed by atoms with E-state index in [1.165, 1.54) is 12.0 Å². The highest BCUT2D eigenvalue weighted by atomic mass is 127. The van der Waals surface area contributed by atoms with Gasteiger partial charge in [0.05, 0.1) is 24.2 Å². The molecule has 1 aromatic rings. The Morgan fingerprint density at radius 1 is 1.41 bits per heavy atom. The second-order valence-corrected chi connectivity index (χ2v) is 6.58. The molecule has 7 heteroatoms. The van der Waals surface area contributed by atoms with Crippen LogP contribution in [0.3, 0.4) is 0 Å². The van der Waals surface area contributed by atoms with Crippen molar-refractivity contribution in [2.24, 2.45) is 0 Å². The Kier molecular flexibility index (Phi) is 7.41. The van der Waals surface area contributed by atoms with Crippen LogP contribution in [0.25, 0.3) is 0 Å². The molecule has 0 unspecified atom stereocenters. The molecule has 0 aliphatic heterocycles. The van der Waals surface area contributed by atoms with Crippen LogP contribution in [0.15, 0.2) is 12.1 Å². The van der Waals surface area contributed by atoms with E-state index in [0.717, 1.165) is 3.57 Å². The van der Waals surface area contributed by atoms with Crippen LogP contribution in [0.2, 0.25) is 5.02 Å². The molecule has 5 nitrogen and oxygen atoms in total. The lowest BCUT2D eigenvalue weighted by Crippen LogP contribution is -2.42. The molecule has 0 atom stereocenters. The fraction of sp³-hybridized carbons (Fsp3) is 0.467. The van der Waals surface area contributed by atoms with E-state index in [1.54, 1.807) is 12.1 Å². The minimum Gasteiger partial charge on any atom is -0.496 e. The molecule has 22 heavy (non-hydrogen) atoms. The lowest BCUT2D eigenvalue weighted by atomic mass is 10.1. The van der Waals surface area contributed by atoms with Crippen molar-refractivity contribution in [3.05, 3.63) is 26.3 Å². The van der Waals surface area contributed by atoms with Gasteiger partial charge >= 0.3 is 0 Å². The minimum absolute atomic E-state index is 0.000271. The summed E-state index contributed by atoms with van der Waals surface area (Å²) >= 11 is 8.17. The van der Waals surface area contributed by atoms with E-state index in [4.69, 9.17) is 16.3 Å². The maximum Gasteiger partial charge on any atom is 0.258 e. The Bertz CT molecular complexity index is 564. The van der Waals surface area contributed by atoms with Crippen molar-refractivity contribution in [2.45, 2.75) is 26.8 Å². The van der Waals surface area contributed by atoms with Crippen LogP contribution >= 0.6 is 34.2 Å². The lowest BCUT2D eigenvalue weighted by Gasteiger charge is -2.22. The summed E-state index contributed by atoms with van der Waals surface area (Å²) < 4.78 is 6.05. The summed E-state index contributed by atoms with van der Waals surface area (Å²) in [5.41, 5.74) is 0.354. The van der Waals surface area contributed by atoms with Crippen molar-refractivity contribution in [2.75, 3.05) is 20.2 Å². The van der Waals surface area contributed by atoms with Crippen molar-refractivity contribution in [1.29, 1.82) is 0 Å². The highest BCUT2D eigenvalue weighted by Gasteiger charge is 2.22. The Morgan fingerprint density at radius 2 is 2.05 bits per heavy atom. The summed E-state index contributed by atoms with van der Waals surface area (Å²) in [5.74, 6) is -0.0288. The summed E-state index contributed by atoms with van der Waals surface area (Å²) in [7, 11) is 1.50. The molecule has 1 aromatic carbocycles. The van der Waals surface area contributed by atoms with Gasteiger partial charge in [0, 0.05) is 16.2 Å². The Hall–Kier alpha value is -1.02. The average Bonchev–Trinajstić information content (AvgIpc) is 2.45. The van der Waals surface area contributed by atoms with Gasteiger partial charge in [-0.05, 0) is 55.5 Å². The third kappa shape index (κ3) is 5.01. The number of methoxy groups -OCH3 is 1. The number of halogens is 2. The Labute approximate surface area is 149 Å². The van der Waals surface area contributed by atoms with Crippen LogP contribution < -0.4 is 10.1 Å². The van der Waals surface area contributed by atoms with Gasteiger partial charge in [-0.3, -0.25) is 9.59 Å². The molecule has 1 rings (SSSR count). The van der Waals surface area contributed by atoms with Gasteiger partial charge in [0.15, 0.2) is 0 Å². The second-order valence-electron chi connectivity index (χ2n) is 5.01. The van der Waals surface area contributed by atoms with E-state index in [0.29, 0.717) is 22.9 Å². The maximum absolute atomic E-state index is 12.6. The fourth-order valence-corrected chi connectivity index (χ4v) is 2.51. The van der Waals surface area contributed by atoms with E-state index in [9.17, 15) is 9.59 Å². The van der Waals surface area contributed by atoms with Crippen LogP contribution in [0.5, 0.6) is 5.75 Å². The standard InChI is InChI=1S/C15H20ClIN2O3/c1-5-19(8-14(20)18-9(2)3)15(21)10-6-11(16)12(17)7-13(10)22-4/h6-7,9H,5,8H2,1-4H3,(H,18,20). The van der Waals surface area contributed by atoms with Gasteiger partial charge in [-0.25, -0.2) is 0 Å². The Balaban J connectivity index is 3.01. The topological polar surface area (TPSA) is 58.6 Å². The molecule has 122 valence electrons. The van der Waals surface area contributed by atoms with Crippen molar-refractivity contribution < 1.29 is 14.3 Å². The predicted octanol–water partition coefficient (Wildman–Crippen LogP) is 2.94. The largest absolute Gasteiger partial charge is 0.496 e. The number of rotatable bonds is 6. The van der Waals surface area contributed by atoms with Crippen LogP contribution in [0, 0.1) is 3.57 Å². The first-order chi connectivity index (χ1) is 10.3. The first kappa shape index (κ1) is 19.0. The van der Waals surface area contributed by atoms with E-state index in [1.807, 2.05) is 20.8 Å². The second kappa shape index (κ2) is 8.57. The zero-order chi connectivity index (χ0) is 16.9. The fourth-order valence-electron chi connectivity index (χ4n) is 1.90. The summed E-state index contributed by atoms with van der Waals surface area (Å²) in [5, 5.41) is 3.25. The predicted molar refractivity (Wildman–Crippen MR) is 95.6 cm³/mol. The van der Waals surface area contributed by atoms with Gasteiger partial charge in [-0.15, -0.1) is 0 Å². The van der Waals surface area contributed by atoms with Gasteiger partial charge < -0.3 is 15.0 Å². The minimum atomic E-state index is -0.281. The smallest absolute Gasteiger partial charge is 0.258 e. The highest BCUT2D eigenvalue weighted by molar-refractivity contribution is 14.1. The third-order valence-electron chi connectivity index (χ3n) is 2.93. The summed E-state index contributed by atoms with van der Waals surface area (Å²) in [6.45, 7) is 5.98. The van der Waals surface area contributed by atoms with Crippen LogP contribution in [0.4, 0.5) is 0 Å². The van der Waals surface area contributed by atoms with Crippen molar-refractivity contribution >= 4 is 46.0 Å². The highest BCUT2D eigenvalue weighted by Crippen LogP contribution is 2.29. The number of benzene rings is 1. The van der Waals surface area contributed by atoms with Gasteiger partial charge in [0.1, 0.15) is 5.75 Å². The SMILES string of the molecule is CCN(CC(=O)NC(C)C)C(=O)c1cc(Cl)c(I)cc1OC. The zero-order valence-electron chi connectivity index (χ0n) is 13.1. The van der Waals surface area contributed by atoms with Gasteiger partial charge in [-0.2, -0.15) is 0 Å². The number of carbonyl (C=O) groups excluding carboxylic acids is 2. The molecule has 0 aliphatic carbocycles. The van der Waals surface area contributed by atoms with E-state index < -0.39 is 0 Å². The number of likely N-dealkylation sites (N-methyl/N-ethyl adjacent to an activating group) is 1. The first-order valence-electron chi connectivity index (χ1n) is 6.91. The molecule has 0 saturated carbocycles. The number of hydrogen-bond acceptors (Lipinski definition) is 3. The number of carbonyl (C=O) groups is 2. The molecule has 2 amide bonds.